The molecule has 2 aromatic rings. The van der Waals surface area contributed by atoms with Gasteiger partial charge in [0.15, 0.2) is 0 Å². The molecule has 1 aliphatic heterocycles. The van der Waals surface area contributed by atoms with Crippen LogP contribution in [0.3, 0.4) is 0 Å². The number of nitrogens with zero attached hydrogens (tertiary/aromatic N) is 1. The summed E-state index contributed by atoms with van der Waals surface area (Å²) in [5, 5.41) is 1.32. The molecular weight excluding hydrogens is 490 g/mol. The molecule has 4 rings (SSSR count). The fraction of sp³-hybridized carbons (Fsp3) is 0.278. The maximum Gasteiger partial charge on any atom is 1.00 e. The number of allylic oxidation sites excluding steroid dienone is 4. The predicted octanol–water partition coefficient (Wildman–Crippen LogP) is 7.85. The number of hydrogen-bond donors (Lipinski definition) is 1. The van der Waals surface area contributed by atoms with Gasteiger partial charge in [0.2, 0.25) is 0 Å². The summed E-state index contributed by atoms with van der Waals surface area (Å²) < 4.78 is 59.2. The molecule has 2 radical (unpaired) electrons. The molecular formula is C18H21F6N2PRu. The van der Waals surface area contributed by atoms with Crippen LogP contribution in [0.2, 0.25) is 0 Å². The quantitative estimate of drug-likeness (QED) is 0.235. The van der Waals surface area contributed by atoms with Crippen LogP contribution >= 0.6 is 7.81 Å². The van der Waals surface area contributed by atoms with E-state index in [4.69, 9.17) is 0 Å². The SMILES string of the molecule is F[P-](F)(F)(F)(F)F.[CH]1C=CC=C1.[Ru+].c1cc(N2CCCCC2)c2[nH]ccc2c1. The maximum atomic E-state index is 9.87. The number of aromatic nitrogens is 1. The van der Waals surface area contributed by atoms with Gasteiger partial charge >= 0.3 is 52.5 Å². The first-order chi connectivity index (χ1) is 12.4. The summed E-state index contributed by atoms with van der Waals surface area (Å²) in [5.41, 5.74) is 2.66. The number of halogens is 6. The van der Waals surface area contributed by atoms with Crippen LogP contribution in [0.25, 0.3) is 10.9 Å². The molecule has 10 heteroatoms. The summed E-state index contributed by atoms with van der Waals surface area (Å²) in [7, 11) is -10.7. The van der Waals surface area contributed by atoms with Gasteiger partial charge in [-0.15, -0.1) is 0 Å². The van der Waals surface area contributed by atoms with Crippen molar-refractivity contribution < 1.29 is 44.7 Å². The molecule has 1 fully saturated rings. The molecule has 2 nitrogen and oxygen atoms in total. The standard InChI is InChI=1S/C13H16N2.C5H5.F6P.Ru/c1-2-9-15(10-3-1)12-6-4-5-11-7-8-14-13(11)12;1-2-4-5-3-1;1-7(2,3,4,5)6;/h4-8,14H,1-3,9-10H2;1-5H;;/q;;-1;+1. The minimum absolute atomic E-state index is 0. The number of hydrogen-bond acceptors (Lipinski definition) is 1. The number of fused-ring (bicyclic) bond motifs is 1. The molecule has 1 N–H and O–H groups in total. The number of nitrogens with one attached hydrogen (secondary N) is 1. The van der Waals surface area contributed by atoms with E-state index in [0.717, 1.165) is 0 Å². The Morgan fingerprint density at radius 3 is 1.86 bits per heavy atom. The minimum Gasteiger partial charge on any atom is -0.370 e. The summed E-state index contributed by atoms with van der Waals surface area (Å²) in [6, 6.07) is 8.69. The fourth-order valence-electron chi connectivity index (χ4n) is 2.79. The van der Waals surface area contributed by atoms with Crippen LogP contribution in [0.15, 0.2) is 54.8 Å². The summed E-state index contributed by atoms with van der Waals surface area (Å²) in [5.74, 6) is 0. The van der Waals surface area contributed by atoms with Gasteiger partial charge in [-0.2, -0.15) is 0 Å². The first-order valence-corrected chi connectivity index (χ1v) is 10.5. The smallest absolute Gasteiger partial charge is 0.370 e. The number of aromatic amines is 1. The molecule has 0 unspecified atom stereocenters. The van der Waals surface area contributed by atoms with E-state index in [1.165, 1.54) is 48.9 Å². The van der Waals surface area contributed by atoms with Crippen molar-refractivity contribution in [3.8, 4) is 0 Å². The second-order valence-electron chi connectivity index (χ2n) is 6.19. The van der Waals surface area contributed by atoms with Gasteiger partial charge in [0.1, 0.15) is 0 Å². The number of piperidine rings is 1. The number of para-hydroxylation sites is 1. The van der Waals surface area contributed by atoms with Gasteiger partial charge in [-0.25, -0.2) is 0 Å². The molecule has 1 aromatic carbocycles. The zero-order valence-corrected chi connectivity index (χ0v) is 17.5. The van der Waals surface area contributed by atoms with Crippen molar-refractivity contribution in [3.05, 3.63) is 61.2 Å². The summed E-state index contributed by atoms with van der Waals surface area (Å²) in [6.07, 6.45) is 16.1. The molecule has 2 heterocycles. The van der Waals surface area contributed by atoms with E-state index >= 15 is 0 Å². The first kappa shape index (κ1) is 24.7. The van der Waals surface area contributed by atoms with Crippen molar-refractivity contribution in [2.45, 2.75) is 19.3 Å². The van der Waals surface area contributed by atoms with Crippen LogP contribution in [0.5, 0.6) is 0 Å². The largest absolute Gasteiger partial charge is 1.00 e. The third-order valence-corrected chi connectivity index (χ3v) is 3.82. The third-order valence-electron chi connectivity index (χ3n) is 3.82. The summed E-state index contributed by atoms with van der Waals surface area (Å²) >= 11 is 0. The first-order valence-electron chi connectivity index (χ1n) is 8.44. The van der Waals surface area contributed by atoms with Gasteiger partial charge in [-0.1, -0.05) is 36.4 Å². The predicted molar refractivity (Wildman–Crippen MR) is 101 cm³/mol. The van der Waals surface area contributed by atoms with Crippen molar-refractivity contribution in [1.29, 1.82) is 0 Å². The zero-order valence-electron chi connectivity index (χ0n) is 14.8. The van der Waals surface area contributed by atoms with E-state index in [0.29, 0.717) is 0 Å². The number of H-pyrrole nitrogens is 1. The van der Waals surface area contributed by atoms with Crippen LogP contribution in [0.1, 0.15) is 19.3 Å². The molecule has 158 valence electrons. The summed E-state index contributed by atoms with van der Waals surface area (Å²) in [6.45, 7) is 2.41. The molecule has 0 bridgehead atoms. The Labute approximate surface area is 172 Å². The molecule has 0 saturated carbocycles. The van der Waals surface area contributed by atoms with Gasteiger partial charge < -0.3 is 9.88 Å². The monoisotopic (exact) mass is 512 g/mol. The summed E-state index contributed by atoms with van der Waals surface area (Å²) in [4.78, 5) is 5.85. The molecule has 28 heavy (non-hydrogen) atoms. The van der Waals surface area contributed by atoms with Gasteiger partial charge in [0.25, 0.3) is 0 Å². The molecule has 1 aromatic heterocycles. The molecule has 2 aliphatic rings. The molecule has 0 spiro atoms. The van der Waals surface area contributed by atoms with Gasteiger partial charge in [0, 0.05) is 31.1 Å². The Morgan fingerprint density at radius 2 is 1.36 bits per heavy atom. The second-order valence-corrected chi connectivity index (χ2v) is 8.10. The van der Waals surface area contributed by atoms with Gasteiger partial charge in [-0.3, -0.25) is 0 Å². The van der Waals surface area contributed by atoms with E-state index in [2.05, 4.69) is 34.1 Å². The van der Waals surface area contributed by atoms with E-state index in [1.54, 1.807) is 0 Å². The van der Waals surface area contributed by atoms with Crippen LogP contribution < -0.4 is 4.90 Å². The van der Waals surface area contributed by atoms with Crippen LogP contribution in [0, 0.1) is 6.42 Å². The Balaban J connectivity index is 0.000000254. The molecule has 0 amide bonds. The second kappa shape index (κ2) is 9.00. The number of rotatable bonds is 1. The zero-order chi connectivity index (χ0) is 20.0. The Kier molecular flexibility index (Phi) is 7.94. The van der Waals surface area contributed by atoms with E-state index in [9.17, 15) is 25.2 Å². The Morgan fingerprint density at radius 1 is 0.786 bits per heavy atom. The Bertz CT molecular complexity index is 787. The van der Waals surface area contributed by atoms with Crippen molar-refractivity contribution >= 4 is 24.4 Å². The van der Waals surface area contributed by atoms with Crippen LogP contribution in [-0.4, -0.2) is 18.1 Å². The third kappa shape index (κ3) is 10.9. The fourth-order valence-corrected chi connectivity index (χ4v) is 2.79. The van der Waals surface area contributed by atoms with Crippen molar-refractivity contribution in [3.63, 3.8) is 0 Å². The van der Waals surface area contributed by atoms with E-state index < -0.39 is 7.81 Å². The average molecular weight is 511 g/mol. The van der Waals surface area contributed by atoms with E-state index in [1.807, 2.05) is 36.9 Å². The van der Waals surface area contributed by atoms with Gasteiger partial charge in [0.05, 0.1) is 11.2 Å². The van der Waals surface area contributed by atoms with Gasteiger partial charge in [-0.05, 0) is 31.4 Å². The topological polar surface area (TPSA) is 19.0 Å². The van der Waals surface area contributed by atoms with Crippen molar-refractivity contribution in [2.24, 2.45) is 0 Å². The van der Waals surface area contributed by atoms with Crippen molar-refractivity contribution in [1.82, 2.24) is 4.98 Å². The van der Waals surface area contributed by atoms with Crippen LogP contribution in [0.4, 0.5) is 30.9 Å². The van der Waals surface area contributed by atoms with E-state index in [-0.39, 0.29) is 19.5 Å². The Hall–Kier alpha value is -1.33. The van der Waals surface area contributed by atoms with Crippen LogP contribution in [-0.2, 0) is 19.5 Å². The number of anilines is 1. The molecule has 1 aliphatic carbocycles. The number of benzene rings is 1. The average Bonchev–Trinajstić information content (AvgIpc) is 3.26. The minimum atomic E-state index is -10.7. The molecule has 0 atom stereocenters. The maximum absolute atomic E-state index is 10.7. The normalized spacial score (nSPS) is 18.1. The van der Waals surface area contributed by atoms with Crippen molar-refractivity contribution in [2.75, 3.05) is 18.0 Å². The molecule has 1 saturated heterocycles.